The SMILES string of the molecule is c1ccc(-c2ccc(-c3ccccc3-c3ccccc3-c3ccccc3N(c3cccc(-c4cccc5ccccc45)c3)c3ccc4ccccc4c3)cc2)cc1. The second kappa shape index (κ2) is 15.0. The number of anilines is 3. The van der Waals surface area contributed by atoms with Crippen molar-refractivity contribution in [1.82, 2.24) is 0 Å². The molecule has 0 spiro atoms. The first-order valence-electron chi connectivity index (χ1n) is 19.6. The molecule has 268 valence electrons. The minimum absolute atomic E-state index is 1.10. The highest BCUT2D eigenvalue weighted by atomic mass is 15.1. The van der Waals surface area contributed by atoms with Crippen LogP contribution in [0.3, 0.4) is 0 Å². The Morgan fingerprint density at radius 2 is 0.719 bits per heavy atom. The Bertz CT molecular complexity index is 3010. The summed E-state index contributed by atoms with van der Waals surface area (Å²) in [6.07, 6.45) is 0. The van der Waals surface area contributed by atoms with Crippen LogP contribution in [0.2, 0.25) is 0 Å². The highest BCUT2D eigenvalue weighted by Gasteiger charge is 2.21. The smallest absolute Gasteiger partial charge is 0.0540 e. The average Bonchev–Trinajstić information content (AvgIpc) is 3.29. The predicted octanol–water partition coefficient (Wildman–Crippen LogP) is 15.8. The van der Waals surface area contributed by atoms with Gasteiger partial charge in [-0.2, -0.15) is 0 Å². The summed E-state index contributed by atoms with van der Waals surface area (Å²) in [5.74, 6) is 0. The van der Waals surface area contributed by atoms with Crippen LogP contribution in [0, 0.1) is 0 Å². The molecular formula is C56H39N. The van der Waals surface area contributed by atoms with Crippen molar-refractivity contribution in [1.29, 1.82) is 0 Å². The van der Waals surface area contributed by atoms with Crippen molar-refractivity contribution in [2.75, 3.05) is 4.90 Å². The van der Waals surface area contributed by atoms with Crippen LogP contribution >= 0.6 is 0 Å². The van der Waals surface area contributed by atoms with Crippen molar-refractivity contribution >= 4 is 38.6 Å². The molecule has 0 atom stereocenters. The average molecular weight is 726 g/mol. The van der Waals surface area contributed by atoms with Crippen LogP contribution in [0.5, 0.6) is 0 Å². The van der Waals surface area contributed by atoms with Crippen LogP contribution < -0.4 is 4.90 Å². The molecule has 0 aliphatic heterocycles. The number of hydrogen-bond donors (Lipinski definition) is 0. The van der Waals surface area contributed by atoms with Gasteiger partial charge in [-0.05, 0) is 102 Å². The number of benzene rings is 10. The zero-order valence-electron chi connectivity index (χ0n) is 31.5. The molecule has 10 aromatic carbocycles. The van der Waals surface area contributed by atoms with Gasteiger partial charge in [0.15, 0.2) is 0 Å². The molecule has 0 saturated carbocycles. The Hall–Kier alpha value is -7.48. The number of hydrogen-bond acceptors (Lipinski definition) is 1. The van der Waals surface area contributed by atoms with Crippen molar-refractivity contribution in [3.8, 4) is 55.6 Å². The molecule has 0 unspecified atom stereocenters. The highest BCUT2D eigenvalue weighted by Crippen LogP contribution is 2.46. The molecule has 10 aromatic rings. The molecule has 57 heavy (non-hydrogen) atoms. The van der Waals surface area contributed by atoms with Gasteiger partial charge in [0, 0.05) is 16.9 Å². The minimum atomic E-state index is 1.10. The lowest BCUT2D eigenvalue weighted by molar-refractivity contribution is 1.29. The maximum Gasteiger partial charge on any atom is 0.0540 e. The molecule has 1 nitrogen and oxygen atoms in total. The fourth-order valence-electron chi connectivity index (χ4n) is 8.32. The third kappa shape index (κ3) is 6.56. The summed E-state index contributed by atoms with van der Waals surface area (Å²) in [5.41, 5.74) is 15.3. The van der Waals surface area contributed by atoms with E-state index >= 15 is 0 Å². The Kier molecular flexibility index (Phi) is 8.95. The van der Waals surface area contributed by atoms with Crippen molar-refractivity contribution < 1.29 is 0 Å². The van der Waals surface area contributed by atoms with Crippen LogP contribution in [-0.4, -0.2) is 0 Å². The normalized spacial score (nSPS) is 11.2. The van der Waals surface area contributed by atoms with Gasteiger partial charge in [-0.3, -0.25) is 0 Å². The Labute approximate surface area is 334 Å². The Morgan fingerprint density at radius 1 is 0.228 bits per heavy atom. The van der Waals surface area contributed by atoms with Gasteiger partial charge >= 0.3 is 0 Å². The summed E-state index contributed by atoms with van der Waals surface area (Å²) in [6, 6.07) is 85.7. The van der Waals surface area contributed by atoms with Gasteiger partial charge in [0.1, 0.15) is 0 Å². The molecule has 0 aromatic heterocycles. The molecule has 10 rings (SSSR count). The predicted molar refractivity (Wildman–Crippen MR) is 243 cm³/mol. The Morgan fingerprint density at radius 3 is 1.51 bits per heavy atom. The number of para-hydroxylation sites is 1. The lowest BCUT2D eigenvalue weighted by atomic mass is 9.88. The number of rotatable bonds is 8. The molecule has 0 radical (unpaired) electrons. The Balaban J connectivity index is 1.14. The van der Waals surface area contributed by atoms with E-state index in [9.17, 15) is 0 Å². The van der Waals surface area contributed by atoms with E-state index < -0.39 is 0 Å². The van der Waals surface area contributed by atoms with Crippen molar-refractivity contribution in [2.45, 2.75) is 0 Å². The van der Waals surface area contributed by atoms with E-state index in [0.717, 1.165) is 22.6 Å². The van der Waals surface area contributed by atoms with E-state index in [1.54, 1.807) is 0 Å². The molecule has 0 heterocycles. The van der Waals surface area contributed by atoms with Gasteiger partial charge in [-0.25, -0.2) is 0 Å². The second-order valence-corrected chi connectivity index (χ2v) is 14.5. The van der Waals surface area contributed by atoms with Crippen LogP contribution in [0.25, 0.3) is 77.2 Å². The van der Waals surface area contributed by atoms with Gasteiger partial charge in [0.05, 0.1) is 5.69 Å². The standard InChI is InChI=1S/C56H39N/c1-2-16-40(17-3-1)42-32-34-44(35-33-42)50-25-8-9-26-52(50)53-27-10-11-28-54(53)55-29-12-13-31-56(55)57(48-37-36-41-18-4-5-20-45(41)38-48)47-23-14-22-46(39-47)51-30-15-21-43-19-6-7-24-49(43)51/h1-39H. The van der Waals surface area contributed by atoms with Gasteiger partial charge < -0.3 is 4.90 Å². The first-order chi connectivity index (χ1) is 28.3. The van der Waals surface area contributed by atoms with E-state index in [1.807, 2.05) is 0 Å². The molecule has 1 heteroatoms. The maximum absolute atomic E-state index is 2.43. The number of fused-ring (bicyclic) bond motifs is 2. The highest BCUT2D eigenvalue weighted by molar-refractivity contribution is 6.00. The summed E-state index contributed by atoms with van der Waals surface area (Å²) >= 11 is 0. The largest absolute Gasteiger partial charge is 0.310 e. The monoisotopic (exact) mass is 725 g/mol. The van der Waals surface area contributed by atoms with Crippen molar-refractivity contribution in [3.63, 3.8) is 0 Å². The third-order valence-corrected chi connectivity index (χ3v) is 11.1. The minimum Gasteiger partial charge on any atom is -0.310 e. The lowest BCUT2D eigenvalue weighted by Gasteiger charge is -2.29. The van der Waals surface area contributed by atoms with E-state index in [0.29, 0.717) is 0 Å². The van der Waals surface area contributed by atoms with Gasteiger partial charge in [-0.15, -0.1) is 0 Å². The first-order valence-corrected chi connectivity index (χ1v) is 19.6. The van der Waals surface area contributed by atoms with Gasteiger partial charge in [0.25, 0.3) is 0 Å². The van der Waals surface area contributed by atoms with Gasteiger partial charge in [-0.1, -0.05) is 206 Å². The fraction of sp³-hybridized carbons (Fsp3) is 0. The molecule has 0 saturated heterocycles. The molecule has 0 fully saturated rings. The molecule has 0 amide bonds. The van der Waals surface area contributed by atoms with Gasteiger partial charge in [0.2, 0.25) is 0 Å². The van der Waals surface area contributed by atoms with E-state index in [1.165, 1.54) is 71.6 Å². The van der Waals surface area contributed by atoms with Crippen molar-refractivity contribution in [3.05, 3.63) is 237 Å². The molecule has 0 aliphatic carbocycles. The second-order valence-electron chi connectivity index (χ2n) is 14.5. The topological polar surface area (TPSA) is 3.24 Å². The zero-order valence-corrected chi connectivity index (χ0v) is 31.5. The van der Waals surface area contributed by atoms with E-state index in [2.05, 4.69) is 241 Å². The molecule has 0 N–H and O–H groups in total. The molecule has 0 bridgehead atoms. The number of nitrogens with zero attached hydrogens (tertiary/aromatic N) is 1. The summed E-state index contributed by atoms with van der Waals surface area (Å²) in [4.78, 5) is 2.43. The van der Waals surface area contributed by atoms with Crippen molar-refractivity contribution in [2.24, 2.45) is 0 Å². The lowest BCUT2D eigenvalue weighted by Crippen LogP contribution is -2.11. The van der Waals surface area contributed by atoms with Crippen LogP contribution in [0.15, 0.2) is 237 Å². The fourth-order valence-corrected chi connectivity index (χ4v) is 8.32. The summed E-state index contributed by atoms with van der Waals surface area (Å²) in [6.45, 7) is 0. The first kappa shape index (κ1) is 34.0. The summed E-state index contributed by atoms with van der Waals surface area (Å²) < 4.78 is 0. The zero-order chi connectivity index (χ0) is 38.0. The third-order valence-electron chi connectivity index (χ3n) is 11.1. The van der Waals surface area contributed by atoms with Crippen LogP contribution in [0.1, 0.15) is 0 Å². The summed E-state index contributed by atoms with van der Waals surface area (Å²) in [7, 11) is 0. The van der Waals surface area contributed by atoms with E-state index in [-0.39, 0.29) is 0 Å². The molecular weight excluding hydrogens is 687 g/mol. The van der Waals surface area contributed by atoms with Crippen LogP contribution in [-0.2, 0) is 0 Å². The van der Waals surface area contributed by atoms with E-state index in [4.69, 9.17) is 0 Å². The maximum atomic E-state index is 2.43. The van der Waals surface area contributed by atoms with Crippen LogP contribution in [0.4, 0.5) is 17.1 Å². The summed E-state index contributed by atoms with van der Waals surface area (Å²) in [5, 5.41) is 4.91. The molecule has 0 aliphatic rings. The quantitative estimate of drug-likeness (QED) is 0.151.